The molecule has 0 aliphatic rings. The molecule has 0 saturated carbocycles. The third kappa shape index (κ3) is 4.81. The molecule has 0 spiro atoms. The minimum Gasteiger partial charge on any atom is -0.310 e. The molecule has 24 heavy (non-hydrogen) atoms. The Kier molecular flexibility index (Phi) is 5.81. The number of hydrogen-bond acceptors (Lipinski definition) is 1. The highest BCUT2D eigenvalue weighted by atomic mass is 14.9. The molecule has 122 valence electrons. The first-order valence-electron chi connectivity index (χ1n) is 8.73. The average molecular weight is 315 g/mol. The SMILES string of the molecule is C[C@@H](CCc1ccccc1)NCc1ccc(-c2ccccc2)cc1. The number of rotatable bonds is 7. The van der Waals surface area contributed by atoms with Crippen molar-refractivity contribution in [3.05, 3.63) is 96.1 Å². The zero-order valence-corrected chi connectivity index (χ0v) is 14.3. The van der Waals surface area contributed by atoms with Crippen LogP contribution in [0.3, 0.4) is 0 Å². The summed E-state index contributed by atoms with van der Waals surface area (Å²) < 4.78 is 0. The molecule has 3 aromatic carbocycles. The van der Waals surface area contributed by atoms with Crippen molar-refractivity contribution in [3.63, 3.8) is 0 Å². The number of aryl methyl sites for hydroxylation is 1. The first kappa shape index (κ1) is 16.5. The van der Waals surface area contributed by atoms with E-state index >= 15 is 0 Å². The van der Waals surface area contributed by atoms with Gasteiger partial charge in [0.15, 0.2) is 0 Å². The summed E-state index contributed by atoms with van der Waals surface area (Å²) in [6, 6.07) is 30.6. The van der Waals surface area contributed by atoms with E-state index in [1.165, 1.54) is 22.3 Å². The van der Waals surface area contributed by atoms with Crippen LogP contribution in [-0.4, -0.2) is 6.04 Å². The van der Waals surface area contributed by atoms with Gasteiger partial charge in [-0.2, -0.15) is 0 Å². The fraction of sp³-hybridized carbons (Fsp3) is 0.217. The quantitative estimate of drug-likeness (QED) is 0.610. The molecule has 0 bridgehead atoms. The highest BCUT2D eigenvalue weighted by Crippen LogP contribution is 2.19. The van der Waals surface area contributed by atoms with Gasteiger partial charge in [0.05, 0.1) is 0 Å². The van der Waals surface area contributed by atoms with Crippen LogP contribution in [0.15, 0.2) is 84.9 Å². The minimum atomic E-state index is 0.513. The summed E-state index contributed by atoms with van der Waals surface area (Å²) in [6.45, 7) is 3.19. The van der Waals surface area contributed by atoms with Crippen LogP contribution in [0.4, 0.5) is 0 Å². The van der Waals surface area contributed by atoms with E-state index in [9.17, 15) is 0 Å². The van der Waals surface area contributed by atoms with E-state index in [4.69, 9.17) is 0 Å². The largest absolute Gasteiger partial charge is 0.310 e. The maximum atomic E-state index is 3.63. The Hall–Kier alpha value is -2.38. The summed E-state index contributed by atoms with van der Waals surface area (Å²) >= 11 is 0. The molecule has 3 aromatic rings. The Morgan fingerprint density at radius 2 is 1.25 bits per heavy atom. The molecular formula is C23H25N. The van der Waals surface area contributed by atoms with E-state index in [2.05, 4.69) is 97.2 Å². The predicted molar refractivity (Wildman–Crippen MR) is 103 cm³/mol. The zero-order valence-electron chi connectivity index (χ0n) is 14.3. The fourth-order valence-corrected chi connectivity index (χ4v) is 2.87. The fourth-order valence-electron chi connectivity index (χ4n) is 2.87. The van der Waals surface area contributed by atoms with Gasteiger partial charge in [0.25, 0.3) is 0 Å². The maximum absolute atomic E-state index is 3.63. The van der Waals surface area contributed by atoms with Crippen molar-refractivity contribution in [2.75, 3.05) is 0 Å². The first-order valence-corrected chi connectivity index (χ1v) is 8.73. The van der Waals surface area contributed by atoms with Crippen LogP contribution < -0.4 is 5.32 Å². The van der Waals surface area contributed by atoms with Gasteiger partial charge in [0, 0.05) is 12.6 Å². The second-order valence-corrected chi connectivity index (χ2v) is 6.37. The van der Waals surface area contributed by atoms with Crippen molar-refractivity contribution in [2.45, 2.75) is 32.4 Å². The lowest BCUT2D eigenvalue weighted by atomic mass is 10.0. The van der Waals surface area contributed by atoms with Gasteiger partial charge >= 0.3 is 0 Å². The van der Waals surface area contributed by atoms with Crippen molar-refractivity contribution < 1.29 is 0 Å². The van der Waals surface area contributed by atoms with Gasteiger partial charge in [-0.05, 0) is 42.0 Å². The van der Waals surface area contributed by atoms with Gasteiger partial charge in [-0.3, -0.25) is 0 Å². The van der Waals surface area contributed by atoms with Crippen molar-refractivity contribution in [1.82, 2.24) is 5.32 Å². The van der Waals surface area contributed by atoms with Crippen LogP contribution >= 0.6 is 0 Å². The first-order chi connectivity index (χ1) is 11.8. The molecule has 0 fully saturated rings. The molecule has 1 N–H and O–H groups in total. The lowest BCUT2D eigenvalue weighted by Crippen LogP contribution is -2.25. The summed E-state index contributed by atoms with van der Waals surface area (Å²) in [5, 5.41) is 3.63. The zero-order chi connectivity index (χ0) is 16.6. The Balaban J connectivity index is 1.48. The van der Waals surface area contributed by atoms with Crippen molar-refractivity contribution in [3.8, 4) is 11.1 Å². The van der Waals surface area contributed by atoms with Crippen LogP contribution in [0.2, 0.25) is 0 Å². The Morgan fingerprint density at radius 1 is 0.667 bits per heavy atom. The molecular weight excluding hydrogens is 290 g/mol. The summed E-state index contributed by atoms with van der Waals surface area (Å²) in [4.78, 5) is 0. The van der Waals surface area contributed by atoms with E-state index in [0.717, 1.165) is 19.4 Å². The standard InChI is InChI=1S/C23H25N/c1-19(12-13-20-8-4-2-5-9-20)24-18-21-14-16-23(17-15-21)22-10-6-3-7-11-22/h2-11,14-17,19,24H,12-13,18H2,1H3/t19-/m0/s1. The van der Waals surface area contributed by atoms with Crippen molar-refractivity contribution >= 4 is 0 Å². The molecule has 0 unspecified atom stereocenters. The Bertz CT molecular complexity index is 717. The van der Waals surface area contributed by atoms with Crippen LogP contribution in [0, 0.1) is 0 Å². The van der Waals surface area contributed by atoms with E-state index in [1.54, 1.807) is 0 Å². The number of hydrogen-bond donors (Lipinski definition) is 1. The number of benzene rings is 3. The highest BCUT2D eigenvalue weighted by Gasteiger charge is 2.03. The van der Waals surface area contributed by atoms with Crippen LogP contribution in [0.5, 0.6) is 0 Å². The lowest BCUT2D eigenvalue weighted by molar-refractivity contribution is 0.514. The maximum Gasteiger partial charge on any atom is 0.0207 e. The monoisotopic (exact) mass is 315 g/mol. The summed E-state index contributed by atoms with van der Waals surface area (Å²) in [5.41, 5.74) is 5.30. The summed E-state index contributed by atoms with van der Waals surface area (Å²) in [6.07, 6.45) is 2.29. The van der Waals surface area contributed by atoms with Gasteiger partial charge in [-0.1, -0.05) is 84.9 Å². The van der Waals surface area contributed by atoms with Crippen molar-refractivity contribution in [1.29, 1.82) is 0 Å². The van der Waals surface area contributed by atoms with E-state index in [-0.39, 0.29) is 0 Å². The topological polar surface area (TPSA) is 12.0 Å². The van der Waals surface area contributed by atoms with Crippen LogP contribution in [0.25, 0.3) is 11.1 Å². The van der Waals surface area contributed by atoms with Gasteiger partial charge in [0.2, 0.25) is 0 Å². The molecule has 3 rings (SSSR count). The highest BCUT2D eigenvalue weighted by molar-refractivity contribution is 5.63. The minimum absolute atomic E-state index is 0.513. The van der Waals surface area contributed by atoms with Gasteiger partial charge in [0.1, 0.15) is 0 Å². The van der Waals surface area contributed by atoms with Gasteiger partial charge in [-0.15, -0.1) is 0 Å². The molecule has 0 heterocycles. The summed E-state index contributed by atoms with van der Waals surface area (Å²) in [5.74, 6) is 0. The molecule has 0 aliphatic carbocycles. The third-order valence-electron chi connectivity index (χ3n) is 4.42. The molecule has 1 heteroatoms. The van der Waals surface area contributed by atoms with Gasteiger partial charge in [-0.25, -0.2) is 0 Å². The second-order valence-electron chi connectivity index (χ2n) is 6.37. The Morgan fingerprint density at radius 3 is 1.92 bits per heavy atom. The molecule has 0 saturated heterocycles. The normalized spacial score (nSPS) is 12.0. The smallest absolute Gasteiger partial charge is 0.0207 e. The number of nitrogens with one attached hydrogen (secondary N) is 1. The second kappa shape index (κ2) is 8.47. The van der Waals surface area contributed by atoms with E-state index < -0.39 is 0 Å². The lowest BCUT2D eigenvalue weighted by Gasteiger charge is -2.14. The molecule has 0 amide bonds. The average Bonchev–Trinajstić information content (AvgIpc) is 2.67. The molecule has 0 aliphatic heterocycles. The molecule has 0 radical (unpaired) electrons. The van der Waals surface area contributed by atoms with Crippen LogP contribution in [0.1, 0.15) is 24.5 Å². The molecule has 1 atom stereocenters. The van der Waals surface area contributed by atoms with E-state index in [1.807, 2.05) is 0 Å². The van der Waals surface area contributed by atoms with Crippen LogP contribution in [-0.2, 0) is 13.0 Å². The summed E-state index contributed by atoms with van der Waals surface area (Å²) in [7, 11) is 0. The molecule has 1 nitrogen and oxygen atoms in total. The predicted octanol–water partition coefficient (Wildman–Crippen LogP) is 5.46. The third-order valence-corrected chi connectivity index (χ3v) is 4.42. The van der Waals surface area contributed by atoms with Crippen molar-refractivity contribution in [2.24, 2.45) is 0 Å². The van der Waals surface area contributed by atoms with Gasteiger partial charge < -0.3 is 5.32 Å². The Labute approximate surface area is 145 Å². The van der Waals surface area contributed by atoms with E-state index in [0.29, 0.717) is 6.04 Å². The molecule has 0 aromatic heterocycles.